The third kappa shape index (κ3) is 6.86. The number of hydrogen-bond donors (Lipinski definition) is 1. The average Bonchev–Trinajstić information content (AvgIpc) is 3.12. The molecule has 0 fully saturated rings. The highest BCUT2D eigenvalue weighted by Crippen LogP contribution is 2.33. The molecule has 0 spiro atoms. The molecular weight excluding hydrogens is 470 g/mol. The van der Waals surface area contributed by atoms with Gasteiger partial charge < -0.3 is 5.32 Å². The van der Waals surface area contributed by atoms with Crippen molar-refractivity contribution in [1.29, 1.82) is 0 Å². The maximum absolute atomic E-state index is 13.1. The zero-order chi connectivity index (χ0) is 27.2. The Kier molecular flexibility index (Phi) is 9.30. The Morgan fingerprint density at radius 1 is 1.11 bits per heavy atom. The molecule has 4 rings (SSSR count). The van der Waals surface area contributed by atoms with Gasteiger partial charge in [-0.05, 0) is 69.1 Å². The number of carbonyl (C=O) groups excluding carboxylic acids is 2. The number of anilines is 1. The average molecular weight is 514 g/mol. The van der Waals surface area contributed by atoms with E-state index in [9.17, 15) is 9.59 Å². The van der Waals surface area contributed by atoms with Crippen LogP contribution in [0.3, 0.4) is 0 Å². The molecule has 2 aliphatic carbocycles. The van der Waals surface area contributed by atoms with E-state index in [0.717, 1.165) is 66.6 Å². The Labute approximate surface area is 228 Å². The van der Waals surface area contributed by atoms with Gasteiger partial charge in [0.25, 0.3) is 0 Å². The van der Waals surface area contributed by atoms with E-state index in [4.69, 9.17) is 9.98 Å². The molecule has 1 aromatic carbocycles. The Morgan fingerprint density at radius 2 is 1.92 bits per heavy atom. The number of carbonyl (C=O) groups is 2. The van der Waals surface area contributed by atoms with Crippen LogP contribution in [-0.4, -0.2) is 29.7 Å². The van der Waals surface area contributed by atoms with Gasteiger partial charge in [0.1, 0.15) is 6.04 Å². The van der Waals surface area contributed by atoms with Gasteiger partial charge in [-0.15, -0.1) is 0 Å². The molecule has 0 radical (unpaired) electrons. The van der Waals surface area contributed by atoms with E-state index in [2.05, 4.69) is 38.2 Å². The molecule has 38 heavy (non-hydrogen) atoms. The van der Waals surface area contributed by atoms with Crippen molar-refractivity contribution in [3.8, 4) is 0 Å². The maximum Gasteiger partial charge on any atom is 0.227 e. The normalized spacial score (nSPS) is 22.8. The van der Waals surface area contributed by atoms with Crippen LogP contribution in [0.25, 0.3) is 0 Å². The molecule has 0 aromatic heterocycles. The summed E-state index contributed by atoms with van der Waals surface area (Å²) in [4.78, 5) is 35.6. The first kappa shape index (κ1) is 27.9. The number of Topliss-reactive ketones (excluding diaryl/α,β-unsaturated/α-hetero) is 1. The van der Waals surface area contributed by atoms with E-state index in [-0.39, 0.29) is 29.6 Å². The van der Waals surface area contributed by atoms with Crippen molar-refractivity contribution in [2.75, 3.05) is 5.32 Å². The van der Waals surface area contributed by atoms with E-state index >= 15 is 0 Å². The first-order valence-electron chi connectivity index (χ1n) is 14.3. The molecule has 202 valence electrons. The fourth-order valence-corrected chi connectivity index (χ4v) is 5.75. The highest BCUT2D eigenvalue weighted by Gasteiger charge is 2.33. The van der Waals surface area contributed by atoms with Crippen LogP contribution in [0, 0.1) is 17.8 Å². The van der Waals surface area contributed by atoms with Gasteiger partial charge in [-0.3, -0.25) is 19.6 Å². The minimum atomic E-state index is -0.230. The molecule has 1 heterocycles. The van der Waals surface area contributed by atoms with Crippen molar-refractivity contribution in [3.63, 3.8) is 0 Å². The molecule has 0 saturated carbocycles. The van der Waals surface area contributed by atoms with E-state index in [1.165, 1.54) is 11.1 Å². The summed E-state index contributed by atoms with van der Waals surface area (Å²) in [6.07, 6.45) is 12.7. The number of fused-ring (bicyclic) bond motifs is 1. The molecule has 1 aliphatic heterocycles. The summed E-state index contributed by atoms with van der Waals surface area (Å²) < 4.78 is 0. The number of allylic oxidation sites excluding steroid dienone is 4. The number of nitrogens with one attached hydrogen (secondary N) is 1. The number of hydrogen-bond acceptors (Lipinski definition) is 4. The highest BCUT2D eigenvalue weighted by atomic mass is 16.2. The summed E-state index contributed by atoms with van der Waals surface area (Å²) in [6, 6.07) is 7.80. The summed E-state index contributed by atoms with van der Waals surface area (Å²) in [7, 11) is 0. The second kappa shape index (κ2) is 12.6. The number of nitrogens with zero attached hydrogens (tertiary/aromatic N) is 2. The van der Waals surface area contributed by atoms with Crippen molar-refractivity contribution in [2.45, 2.75) is 92.2 Å². The van der Waals surface area contributed by atoms with Crippen LogP contribution in [0.2, 0.25) is 0 Å². The van der Waals surface area contributed by atoms with Gasteiger partial charge in [0.15, 0.2) is 5.78 Å². The second-order valence-corrected chi connectivity index (χ2v) is 11.7. The summed E-state index contributed by atoms with van der Waals surface area (Å²) in [6.45, 7) is 11.0. The summed E-state index contributed by atoms with van der Waals surface area (Å²) in [5.41, 5.74) is 7.56. The molecule has 5 heteroatoms. The lowest BCUT2D eigenvalue weighted by atomic mass is 9.79. The Morgan fingerprint density at radius 3 is 2.68 bits per heavy atom. The van der Waals surface area contributed by atoms with Gasteiger partial charge in [-0.1, -0.05) is 63.1 Å². The molecule has 1 amide bonds. The number of ketones is 1. The smallest absolute Gasteiger partial charge is 0.227 e. The zero-order valence-electron chi connectivity index (χ0n) is 23.7. The van der Waals surface area contributed by atoms with Crippen LogP contribution < -0.4 is 5.32 Å². The maximum atomic E-state index is 13.1. The lowest BCUT2D eigenvalue weighted by Crippen LogP contribution is -2.32. The molecule has 2 unspecified atom stereocenters. The van der Waals surface area contributed by atoms with Crippen LogP contribution in [-0.2, 0) is 16.1 Å². The molecular formula is C33H43N3O2. The van der Waals surface area contributed by atoms with Crippen LogP contribution in [0.1, 0.15) is 85.1 Å². The molecule has 5 nitrogen and oxygen atoms in total. The topological polar surface area (TPSA) is 70.9 Å². The molecule has 1 aromatic rings. The summed E-state index contributed by atoms with van der Waals surface area (Å²) in [5, 5.41) is 3.17. The first-order chi connectivity index (χ1) is 18.2. The highest BCUT2D eigenvalue weighted by molar-refractivity contribution is 6.13. The third-order valence-electron chi connectivity index (χ3n) is 7.77. The number of benzene rings is 1. The van der Waals surface area contributed by atoms with Gasteiger partial charge in [0, 0.05) is 47.0 Å². The SMILES string of the molecule is CC1=C2C(=NCc3cccc(NC(=O)C4CCC=C(CC(C)C)CC4)c3)CC=NC2C(C(=O)C(C)C)=CC1. The van der Waals surface area contributed by atoms with Crippen LogP contribution in [0.5, 0.6) is 0 Å². The van der Waals surface area contributed by atoms with Crippen molar-refractivity contribution in [3.05, 3.63) is 64.3 Å². The minimum absolute atomic E-state index is 0.0484. The van der Waals surface area contributed by atoms with Crippen molar-refractivity contribution >= 4 is 29.3 Å². The minimum Gasteiger partial charge on any atom is -0.326 e. The van der Waals surface area contributed by atoms with Crippen LogP contribution in [0.15, 0.2) is 68.7 Å². The molecule has 3 aliphatic rings. The summed E-state index contributed by atoms with van der Waals surface area (Å²) >= 11 is 0. The van der Waals surface area contributed by atoms with Gasteiger partial charge in [-0.25, -0.2) is 0 Å². The molecule has 0 saturated heterocycles. The quantitative estimate of drug-likeness (QED) is 0.367. The Bertz CT molecular complexity index is 1210. The lowest BCUT2D eigenvalue weighted by molar-refractivity contribution is -0.120. The Balaban J connectivity index is 1.41. The summed E-state index contributed by atoms with van der Waals surface area (Å²) in [5.74, 6) is 0.950. The van der Waals surface area contributed by atoms with Crippen molar-refractivity contribution in [2.24, 2.45) is 27.7 Å². The number of aliphatic imine (C=N–C) groups is 2. The number of amides is 1. The van der Waals surface area contributed by atoms with E-state index in [1.807, 2.05) is 44.3 Å². The van der Waals surface area contributed by atoms with Crippen LogP contribution >= 0.6 is 0 Å². The zero-order valence-corrected chi connectivity index (χ0v) is 23.7. The van der Waals surface area contributed by atoms with E-state index in [0.29, 0.717) is 18.9 Å². The van der Waals surface area contributed by atoms with Crippen LogP contribution in [0.4, 0.5) is 5.69 Å². The molecule has 0 bridgehead atoms. The van der Waals surface area contributed by atoms with E-state index < -0.39 is 0 Å². The molecule has 2 atom stereocenters. The number of rotatable bonds is 8. The first-order valence-corrected chi connectivity index (χ1v) is 14.3. The third-order valence-corrected chi connectivity index (χ3v) is 7.77. The van der Waals surface area contributed by atoms with Crippen molar-refractivity contribution < 1.29 is 9.59 Å². The van der Waals surface area contributed by atoms with Gasteiger partial charge >= 0.3 is 0 Å². The standard InChI is InChI=1S/C33H43N3O2/c1-21(2)18-24-8-6-10-26(14-13-24)33(38)36-27-11-7-9-25(19-27)20-35-29-16-17-34-31-28(32(37)22(3)4)15-12-23(5)30(29)31/h7-9,11,15,17,19,21-22,26,31H,6,10,12-14,16,18,20H2,1-5H3,(H,36,38). The predicted octanol–water partition coefficient (Wildman–Crippen LogP) is 7.44. The Hall–Kier alpha value is -3.08. The van der Waals surface area contributed by atoms with Crippen molar-refractivity contribution in [1.82, 2.24) is 0 Å². The second-order valence-electron chi connectivity index (χ2n) is 11.7. The van der Waals surface area contributed by atoms with Gasteiger partial charge in [0.2, 0.25) is 5.91 Å². The fraction of sp³-hybridized carbons (Fsp3) is 0.515. The fourth-order valence-electron chi connectivity index (χ4n) is 5.75. The van der Waals surface area contributed by atoms with Gasteiger partial charge in [0.05, 0.1) is 6.54 Å². The monoisotopic (exact) mass is 513 g/mol. The molecule has 1 N–H and O–H groups in total. The van der Waals surface area contributed by atoms with Gasteiger partial charge in [-0.2, -0.15) is 0 Å². The van der Waals surface area contributed by atoms with E-state index in [1.54, 1.807) is 0 Å². The largest absolute Gasteiger partial charge is 0.326 e. The lowest BCUT2D eigenvalue weighted by Gasteiger charge is -2.29. The predicted molar refractivity (Wildman–Crippen MR) is 158 cm³/mol.